The second-order valence-corrected chi connectivity index (χ2v) is 2.32. The van der Waals surface area contributed by atoms with Crippen LogP contribution in [0.25, 0.3) is 0 Å². The number of rotatable bonds is 2. The van der Waals surface area contributed by atoms with E-state index in [2.05, 4.69) is 19.1 Å². The van der Waals surface area contributed by atoms with Crippen LogP contribution in [0, 0.1) is 13.0 Å². The Hall–Kier alpha value is 0.0631. The van der Waals surface area contributed by atoms with Crippen LogP contribution in [0.4, 0.5) is 0 Å². The normalized spacial score (nSPS) is 8.91. The van der Waals surface area contributed by atoms with Crippen molar-refractivity contribution in [1.29, 1.82) is 0 Å². The molecule has 1 radical (unpaired) electrons. The zero-order chi connectivity index (χ0) is 7.40. The van der Waals surface area contributed by atoms with Gasteiger partial charge in [0.15, 0.2) is 0 Å². The molecule has 0 saturated heterocycles. The van der Waals surface area contributed by atoms with Crippen molar-refractivity contribution in [3.05, 3.63) is 35.4 Å². The maximum absolute atomic E-state index is 4.95. The quantitative estimate of drug-likeness (QED) is 0.718. The summed E-state index contributed by atoms with van der Waals surface area (Å²) in [5.41, 5.74) is 2.37. The Morgan fingerprint density at radius 3 is 2.82 bits per heavy atom. The first-order chi connectivity index (χ1) is 4.83. The van der Waals surface area contributed by atoms with E-state index in [9.17, 15) is 0 Å². The van der Waals surface area contributed by atoms with Crippen LogP contribution in [0.3, 0.4) is 0 Å². The summed E-state index contributed by atoms with van der Waals surface area (Å²) in [6.45, 7) is 2.72. The van der Waals surface area contributed by atoms with Gasteiger partial charge in [-0.3, -0.25) is 0 Å². The van der Waals surface area contributed by atoms with Crippen LogP contribution in [0.1, 0.15) is 11.1 Å². The van der Waals surface area contributed by atoms with Gasteiger partial charge in [-0.1, -0.05) is 23.8 Å². The molecule has 0 unspecified atom stereocenters. The molecule has 0 fully saturated rings. The molecule has 1 aromatic rings. The fourth-order valence-corrected chi connectivity index (χ4v) is 0.884. The summed E-state index contributed by atoms with van der Waals surface area (Å²) in [6, 6.07) is 9.11. The summed E-state index contributed by atoms with van der Waals surface area (Å²) in [7, 11) is 1.69. The molecule has 1 nitrogen and oxygen atoms in total. The van der Waals surface area contributed by atoms with E-state index in [1.165, 1.54) is 5.56 Å². The van der Waals surface area contributed by atoms with E-state index < -0.39 is 0 Å². The number of ether oxygens (including phenoxy) is 1. The standard InChI is InChI=1S/C9H11O.Bi.3H/c1-8-4-3-5-9(6-8)7-10-2;;;;/h3-4,6H,7H2,1-2H3;;;;. The summed E-state index contributed by atoms with van der Waals surface area (Å²) >= 11 is 0. The number of benzene rings is 1. The molecule has 2 heteroatoms. The number of aryl methyl sites for hydroxylation is 1. The van der Waals surface area contributed by atoms with Crippen LogP contribution in [-0.2, 0) is 11.3 Å². The summed E-state index contributed by atoms with van der Waals surface area (Å²) < 4.78 is 4.95. The Balaban J connectivity index is 0.000001000. The van der Waals surface area contributed by atoms with Crippen LogP contribution in [0.2, 0.25) is 0 Å². The first kappa shape index (κ1) is 11.1. The topological polar surface area (TPSA) is 9.23 Å². The van der Waals surface area contributed by atoms with Gasteiger partial charge in [0.25, 0.3) is 0 Å². The minimum atomic E-state index is 0. The fourth-order valence-electron chi connectivity index (χ4n) is 0.884. The average molecular weight is 347 g/mol. The van der Waals surface area contributed by atoms with E-state index in [4.69, 9.17) is 4.74 Å². The molecular weight excluding hydrogens is 333 g/mol. The molecule has 0 saturated carbocycles. The van der Waals surface area contributed by atoms with Crippen LogP contribution >= 0.6 is 0 Å². The van der Waals surface area contributed by atoms with Crippen molar-refractivity contribution in [3.63, 3.8) is 0 Å². The maximum atomic E-state index is 4.95. The van der Waals surface area contributed by atoms with Gasteiger partial charge in [-0.05, 0) is 18.6 Å². The molecule has 1 aromatic carbocycles. The van der Waals surface area contributed by atoms with Crippen LogP contribution < -0.4 is 0 Å². The molecule has 0 heterocycles. The zero-order valence-corrected chi connectivity index (χ0v) is 12.6. The first-order valence-corrected chi connectivity index (χ1v) is 3.29. The Morgan fingerprint density at radius 1 is 1.55 bits per heavy atom. The van der Waals surface area contributed by atoms with Crippen LogP contribution in [-0.4, -0.2) is 33.3 Å². The number of hydrogen-bond donors (Lipinski definition) is 0. The fraction of sp³-hybridized carbons (Fsp3) is 0.333. The van der Waals surface area contributed by atoms with Gasteiger partial charge in [0.05, 0.1) is 6.61 Å². The molecule has 0 N–H and O–H groups in total. The Labute approximate surface area is 86.9 Å². The summed E-state index contributed by atoms with van der Waals surface area (Å²) in [6.07, 6.45) is 0. The molecule has 61 valence electrons. The van der Waals surface area contributed by atoms with Crippen molar-refractivity contribution in [2.75, 3.05) is 7.11 Å². The van der Waals surface area contributed by atoms with E-state index in [1.54, 1.807) is 7.11 Å². The van der Waals surface area contributed by atoms with Crippen molar-refractivity contribution < 1.29 is 4.74 Å². The van der Waals surface area contributed by atoms with Gasteiger partial charge in [0.1, 0.15) is 0 Å². The third kappa shape index (κ3) is 3.83. The average Bonchev–Trinajstić information content (AvgIpc) is 1.88. The minimum absolute atomic E-state index is 0. The third-order valence-corrected chi connectivity index (χ3v) is 1.32. The molecule has 0 atom stereocenters. The van der Waals surface area contributed by atoms with Crippen molar-refractivity contribution in [1.82, 2.24) is 0 Å². The number of methoxy groups -OCH3 is 1. The molecular formula is C9H14BiO. The predicted octanol–water partition coefficient (Wildman–Crippen LogP) is 0.758. The van der Waals surface area contributed by atoms with E-state index in [-0.39, 0.29) is 26.2 Å². The Bertz CT molecular complexity index is 210. The SMILES string of the molecule is COCc1[c]ccc(C)c1.[BiH3]. The van der Waals surface area contributed by atoms with Crippen molar-refractivity contribution in [2.45, 2.75) is 13.5 Å². The Morgan fingerprint density at radius 2 is 2.27 bits per heavy atom. The van der Waals surface area contributed by atoms with E-state index in [1.807, 2.05) is 12.1 Å². The summed E-state index contributed by atoms with van der Waals surface area (Å²) in [5, 5.41) is 0. The second-order valence-electron chi connectivity index (χ2n) is 2.32. The molecule has 11 heavy (non-hydrogen) atoms. The summed E-state index contributed by atoms with van der Waals surface area (Å²) in [5.74, 6) is 0. The molecule has 0 spiro atoms. The van der Waals surface area contributed by atoms with Crippen molar-refractivity contribution >= 4 is 26.2 Å². The number of hydrogen-bond acceptors (Lipinski definition) is 1. The molecule has 0 aliphatic rings. The molecule has 0 bridgehead atoms. The molecule has 0 aliphatic carbocycles. The zero-order valence-electron chi connectivity index (χ0n) is 7.05. The van der Waals surface area contributed by atoms with Gasteiger partial charge in [-0.25, -0.2) is 0 Å². The van der Waals surface area contributed by atoms with Gasteiger partial charge in [0, 0.05) is 7.11 Å². The van der Waals surface area contributed by atoms with E-state index >= 15 is 0 Å². The molecule has 0 aromatic heterocycles. The molecule has 1 rings (SSSR count). The van der Waals surface area contributed by atoms with Crippen molar-refractivity contribution in [2.24, 2.45) is 0 Å². The second kappa shape index (κ2) is 5.68. The van der Waals surface area contributed by atoms with Crippen molar-refractivity contribution in [3.8, 4) is 0 Å². The first-order valence-electron chi connectivity index (χ1n) is 3.29. The van der Waals surface area contributed by atoms with Gasteiger partial charge in [-0.2, -0.15) is 0 Å². The monoisotopic (exact) mass is 347 g/mol. The third-order valence-electron chi connectivity index (χ3n) is 1.32. The van der Waals surface area contributed by atoms with Gasteiger partial charge in [-0.15, -0.1) is 0 Å². The summed E-state index contributed by atoms with van der Waals surface area (Å²) in [4.78, 5) is 0. The van der Waals surface area contributed by atoms with Crippen LogP contribution in [0.5, 0.6) is 0 Å². The predicted molar refractivity (Wildman–Crippen MR) is 50.7 cm³/mol. The molecule has 0 amide bonds. The van der Waals surface area contributed by atoms with Gasteiger partial charge >= 0.3 is 26.2 Å². The van der Waals surface area contributed by atoms with E-state index in [0.29, 0.717) is 6.61 Å². The van der Waals surface area contributed by atoms with Gasteiger partial charge < -0.3 is 4.74 Å². The van der Waals surface area contributed by atoms with Gasteiger partial charge in [0.2, 0.25) is 0 Å². The van der Waals surface area contributed by atoms with E-state index in [0.717, 1.165) is 5.56 Å². The Kier molecular flexibility index (Phi) is 5.71. The molecule has 0 aliphatic heterocycles. The van der Waals surface area contributed by atoms with Crippen LogP contribution in [0.15, 0.2) is 18.2 Å².